The first kappa shape index (κ1) is 15.9. The van der Waals surface area contributed by atoms with Gasteiger partial charge in [0.2, 0.25) is 0 Å². The normalized spacial score (nSPS) is 10.3. The highest BCUT2D eigenvalue weighted by Crippen LogP contribution is 2.21. The fraction of sp³-hybridized carbons (Fsp3) is 0.133. The Morgan fingerprint density at radius 1 is 1.23 bits per heavy atom. The first-order chi connectivity index (χ1) is 10.5. The van der Waals surface area contributed by atoms with Crippen molar-refractivity contribution in [2.45, 2.75) is 6.42 Å². The lowest BCUT2D eigenvalue weighted by molar-refractivity contribution is -0.384. The van der Waals surface area contributed by atoms with E-state index in [1.54, 1.807) is 12.1 Å². The van der Waals surface area contributed by atoms with E-state index in [0.29, 0.717) is 13.0 Å². The number of carbonyl (C=O) groups is 1. The molecule has 0 aromatic heterocycles. The summed E-state index contributed by atoms with van der Waals surface area (Å²) in [6.45, 7) is 0.309. The summed E-state index contributed by atoms with van der Waals surface area (Å²) < 4.78 is 12.8. The molecule has 0 heterocycles. The van der Waals surface area contributed by atoms with Gasteiger partial charge in [0.25, 0.3) is 11.6 Å². The van der Waals surface area contributed by atoms with Gasteiger partial charge in [0.1, 0.15) is 5.82 Å². The van der Waals surface area contributed by atoms with Crippen LogP contribution in [-0.2, 0) is 6.42 Å². The summed E-state index contributed by atoms with van der Waals surface area (Å²) in [6.07, 6.45) is 0.512. The third-order valence-corrected chi connectivity index (χ3v) is 3.35. The van der Waals surface area contributed by atoms with Crippen LogP contribution in [0.25, 0.3) is 0 Å². The van der Waals surface area contributed by atoms with Gasteiger partial charge in [0.05, 0.1) is 15.5 Å². The Hall–Kier alpha value is -2.47. The van der Waals surface area contributed by atoms with E-state index in [0.717, 1.165) is 11.6 Å². The predicted octanol–water partition coefficient (Wildman–Crippen LogP) is 3.36. The molecular formula is C15H12ClFN2O3. The zero-order chi connectivity index (χ0) is 16.1. The number of nitro benzene ring substituents is 1. The molecule has 2 aromatic rings. The molecule has 1 amide bonds. The molecule has 0 fully saturated rings. The Morgan fingerprint density at radius 2 is 1.91 bits per heavy atom. The highest BCUT2D eigenvalue weighted by molar-refractivity contribution is 6.33. The molecule has 0 saturated heterocycles. The van der Waals surface area contributed by atoms with Gasteiger partial charge in [0.15, 0.2) is 0 Å². The Labute approximate surface area is 130 Å². The summed E-state index contributed by atoms with van der Waals surface area (Å²) in [5, 5.41) is 13.5. The molecule has 22 heavy (non-hydrogen) atoms. The maximum atomic E-state index is 12.8. The molecule has 5 nitrogen and oxygen atoms in total. The van der Waals surface area contributed by atoms with E-state index < -0.39 is 10.8 Å². The van der Waals surface area contributed by atoms with Gasteiger partial charge in [-0.15, -0.1) is 0 Å². The second kappa shape index (κ2) is 7.00. The van der Waals surface area contributed by atoms with Crippen LogP contribution in [0.2, 0.25) is 5.02 Å². The van der Waals surface area contributed by atoms with E-state index in [9.17, 15) is 19.3 Å². The average Bonchev–Trinajstić information content (AvgIpc) is 2.49. The monoisotopic (exact) mass is 322 g/mol. The average molecular weight is 323 g/mol. The summed E-state index contributed by atoms with van der Waals surface area (Å²) in [7, 11) is 0. The molecule has 2 rings (SSSR count). The van der Waals surface area contributed by atoms with Crippen LogP contribution < -0.4 is 5.32 Å². The number of non-ortho nitro benzene ring substituents is 1. The van der Waals surface area contributed by atoms with Crippen LogP contribution >= 0.6 is 11.6 Å². The summed E-state index contributed by atoms with van der Waals surface area (Å²) >= 11 is 5.88. The van der Waals surface area contributed by atoms with Gasteiger partial charge in [-0.3, -0.25) is 14.9 Å². The van der Waals surface area contributed by atoms with E-state index >= 15 is 0 Å². The molecule has 0 aliphatic heterocycles. The molecule has 2 aromatic carbocycles. The van der Waals surface area contributed by atoms with Crippen LogP contribution in [0.5, 0.6) is 0 Å². The van der Waals surface area contributed by atoms with E-state index in [2.05, 4.69) is 5.32 Å². The predicted molar refractivity (Wildman–Crippen MR) is 80.5 cm³/mol. The number of rotatable bonds is 5. The number of benzene rings is 2. The third kappa shape index (κ3) is 4.02. The fourth-order valence-corrected chi connectivity index (χ4v) is 2.07. The molecule has 114 valence electrons. The van der Waals surface area contributed by atoms with Crippen molar-refractivity contribution in [2.75, 3.05) is 6.54 Å². The highest BCUT2D eigenvalue weighted by atomic mass is 35.5. The van der Waals surface area contributed by atoms with Gasteiger partial charge in [-0.05, 0) is 30.2 Å². The number of nitro groups is 1. The second-order valence-corrected chi connectivity index (χ2v) is 4.96. The topological polar surface area (TPSA) is 72.2 Å². The lowest BCUT2D eigenvalue weighted by Crippen LogP contribution is -2.26. The number of hydrogen-bond donors (Lipinski definition) is 1. The molecule has 0 radical (unpaired) electrons. The minimum atomic E-state index is -0.592. The molecule has 0 saturated carbocycles. The van der Waals surface area contributed by atoms with Gasteiger partial charge < -0.3 is 5.32 Å². The molecule has 0 atom stereocenters. The van der Waals surface area contributed by atoms with Gasteiger partial charge >= 0.3 is 0 Å². The van der Waals surface area contributed by atoms with Crippen LogP contribution in [0, 0.1) is 15.9 Å². The molecule has 1 N–H and O–H groups in total. The standard InChI is InChI=1S/C15H12ClFN2O3/c16-14-6-5-12(19(21)22)9-13(14)15(20)18-8-7-10-1-3-11(17)4-2-10/h1-6,9H,7-8H2,(H,18,20). The Morgan fingerprint density at radius 3 is 2.55 bits per heavy atom. The summed E-state index contributed by atoms with van der Waals surface area (Å²) in [4.78, 5) is 22.1. The Kier molecular flexibility index (Phi) is 5.06. The second-order valence-electron chi connectivity index (χ2n) is 4.55. The van der Waals surface area contributed by atoms with E-state index in [4.69, 9.17) is 11.6 Å². The molecule has 0 bridgehead atoms. The zero-order valence-electron chi connectivity index (χ0n) is 11.4. The van der Waals surface area contributed by atoms with Crippen LogP contribution in [0.1, 0.15) is 15.9 Å². The van der Waals surface area contributed by atoms with Gasteiger partial charge in [-0.25, -0.2) is 4.39 Å². The lowest BCUT2D eigenvalue weighted by atomic mass is 10.1. The van der Waals surface area contributed by atoms with Gasteiger partial charge in [-0.1, -0.05) is 23.7 Å². The zero-order valence-corrected chi connectivity index (χ0v) is 12.1. The maximum Gasteiger partial charge on any atom is 0.270 e. The Bertz CT molecular complexity index is 704. The number of nitrogens with zero attached hydrogens (tertiary/aromatic N) is 1. The van der Waals surface area contributed by atoms with Crippen molar-refractivity contribution in [1.82, 2.24) is 5.32 Å². The number of carbonyl (C=O) groups excluding carboxylic acids is 1. The van der Waals surface area contributed by atoms with Crippen LogP contribution in [0.3, 0.4) is 0 Å². The van der Waals surface area contributed by atoms with Crippen molar-refractivity contribution < 1.29 is 14.1 Å². The lowest BCUT2D eigenvalue weighted by Gasteiger charge is -2.07. The number of halogens is 2. The minimum Gasteiger partial charge on any atom is -0.352 e. The first-order valence-electron chi connectivity index (χ1n) is 6.44. The SMILES string of the molecule is O=C(NCCc1ccc(F)cc1)c1cc([N+](=O)[O-])ccc1Cl. The van der Waals surface area contributed by atoms with Crippen molar-refractivity contribution in [1.29, 1.82) is 0 Å². The van der Waals surface area contributed by atoms with Gasteiger partial charge in [-0.2, -0.15) is 0 Å². The molecular weight excluding hydrogens is 311 g/mol. The maximum absolute atomic E-state index is 12.8. The first-order valence-corrected chi connectivity index (χ1v) is 6.82. The Balaban J connectivity index is 1.99. The van der Waals surface area contributed by atoms with Crippen molar-refractivity contribution in [2.24, 2.45) is 0 Å². The molecule has 0 spiro atoms. The van der Waals surface area contributed by atoms with E-state index in [-0.39, 0.29) is 22.1 Å². The molecule has 0 aliphatic carbocycles. The molecule has 7 heteroatoms. The minimum absolute atomic E-state index is 0.0509. The quantitative estimate of drug-likeness (QED) is 0.677. The van der Waals surface area contributed by atoms with E-state index in [1.807, 2.05) is 0 Å². The largest absolute Gasteiger partial charge is 0.352 e. The number of nitrogens with one attached hydrogen (secondary N) is 1. The molecule has 0 aliphatic rings. The summed E-state index contributed by atoms with van der Waals surface area (Å²) in [5.41, 5.74) is 0.717. The van der Waals surface area contributed by atoms with Crippen molar-refractivity contribution in [3.05, 3.63) is 74.5 Å². The number of amides is 1. The highest BCUT2D eigenvalue weighted by Gasteiger charge is 2.15. The third-order valence-electron chi connectivity index (χ3n) is 3.02. The molecule has 0 unspecified atom stereocenters. The fourth-order valence-electron chi connectivity index (χ4n) is 1.87. The van der Waals surface area contributed by atoms with Crippen LogP contribution in [0.15, 0.2) is 42.5 Å². The van der Waals surface area contributed by atoms with E-state index in [1.165, 1.54) is 24.3 Å². The van der Waals surface area contributed by atoms with Crippen molar-refractivity contribution >= 4 is 23.2 Å². The van der Waals surface area contributed by atoms with Crippen molar-refractivity contribution in [3.63, 3.8) is 0 Å². The number of hydrogen-bond acceptors (Lipinski definition) is 3. The smallest absolute Gasteiger partial charge is 0.270 e. The van der Waals surface area contributed by atoms with Crippen molar-refractivity contribution in [3.8, 4) is 0 Å². The van der Waals surface area contributed by atoms with Gasteiger partial charge in [0, 0.05) is 18.7 Å². The summed E-state index contributed by atoms with van der Waals surface area (Å²) in [5.74, 6) is -0.813. The van der Waals surface area contributed by atoms with Crippen LogP contribution in [-0.4, -0.2) is 17.4 Å². The van der Waals surface area contributed by atoms with Crippen LogP contribution in [0.4, 0.5) is 10.1 Å². The summed E-state index contributed by atoms with van der Waals surface area (Å²) in [6, 6.07) is 9.62.